The second-order valence-electron chi connectivity index (χ2n) is 2.25. The number of rotatable bonds is 3. The standard InChI is InChI=1S/C7H10N2O.2C2H6/c1-7(10)2-4-9-5-3-8-6-9;2*1-2/h3,5-6H,2,4H2,1H3;2*1-2H3. The van der Waals surface area contributed by atoms with Crippen molar-refractivity contribution in [3.05, 3.63) is 18.7 Å². The van der Waals surface area contributed by atoms with Gasteiger partial charge >= 0.3 is 0 Å². The average Bonchev–Trinajstić information content (AvgIpc) is 2.73. The first-order chi connectivity index (χ1) is 6.79. The van der Waals surface area contributed by atoms with E-state index < -0.39 is 0 Å². The lowest BCUT2D eigenvalue weighted by Gasteiger charge is -1.96. The summed E-state index contributed by atoms with van der Waals surface area (Å²) < 4.78 is 1.89. The highest BCUT2D eigenvalue weighted by Gasteiger charge is 1.92. The predicted octanol–water partition coefficient (Wildman–Crippen LogP) is 2.91. The number of carbonyl (C=O) groups is 1. The average molecular weight is 198 g/mol. The summed E-state index contributed by atoms with van der Waals surface area (Å²) >= 11 is 0. The van der Waals surface area contributed by atoms with Crippen LogP contribution in [0.25, 0.3) is 0 Å². The Bertz CT molecular complexity index is 205. The molecule has 0 atom stereocenters. The monoisotopic (exact) mass is 198 g/mol. The third kappa shape index (κ3) is 8.97. The molecule has 0 unspecified atom stereocenters. The Morgan fingerprint density at radius 2 is 1.86 bits per heavy atom. The Morgan fingerprint density at radius 3 is 2.21 bits per heavy atom. The molecule has 0 saturated carbocycles. The van der Waals surface area contributed by atoms with E-state index in [1.54, 1.807) is 19.4 Å². The number of Topliss-reactive ketones (excluding diaryl/α,β-unsaturated/α-hetero) is 1. The van der Waals surface area contributed by atoms with Crippen molar-refractivity contribution in [2.24, 2.45) is 0 Å². The molecule has 0 aliphatic carbocycles. The van der Waals surface area contributed by atoms with Crippen LogP contribution < -0.4 is 0 Å². The minimum Gasteiger partial charge on any atom is -0.337 e. The molecular formula is C11H22N2O. The summed E-state index contributed by atoms with van der Waals surface area (Å²) in [5, 5.41) is 0. The highest BCUT2D eigenvalue weighted by molar-refractivity contribution is 5.75. The van der Waals surface area contributed by atoms with Gasteiger partial charge in [0.05, 0.1) is 6.33 Å². The zero-order valence-corrected chi connectivity index (χ0v) is 9.95. The first kappa shape index (κ1) is 15.4. The fourth-order valence-electron chi connectivity index (χ4n) is 0.706. The zero-order chi connectivity index (χ0) is 11.4. The number of imidazole rings is 1. The van der Waals surface area contributed by atoms with Crippen molar-refractivity contribution in [1.82, 2.24) is 9.55 Å². The smallest absolute Gasteiger partial charge is 0.131 e. The van der Waals surface area contributed by atoms with Crippen LogP contribution in [0.5, 0.6) is 0 Å². The number of aryl methyl sites for hydroxylation is 1. The van der Waals surface area contributed by atoms with Gasteiger partial charge in [-0.05, 0) is 6.92 Å². The Balaban J connectivity index is 0. The van der Waals surface area contributed by atoms with Crippen molar-refractivity contribution in [2.75, 3.05) is 0 Å². The predicted molar refractivity (Wildman–Crippen MR) is 60.2 cm³/mol. The molecule has 1 rings (SSSR count). The first-order valence-electron chi connectivity index (χ1n) is 5.24. The van der Waals surface area contributed by atoms with Crippen LogP contribution in [0.4, 0.5) is 0 Å². The molecular weight excluding hydrogens is 176 g/mol. The molecule has 1 heterocycles. The molecule has 0 aliphatic heterocycles. The normalized spacial score (nSPS) is 7.79. The lowest BCUT2D eigenvalue weighted by Crippen LogP contribution is -1.99. The highest BCUT2D eigenvalue weighted by atomic mass is 16.1. The van der Waals surface area contributed by atoms with Gasteiger partial charge in [0.25, 0.3) is 0 Å². The molecule has 82 valence electrons. The minimum absolute atomic E-state index is 0.216. The van der Waals surface area contributed by atoms with Crippen molar-refractivity contribution >= 4 is 5.78 Å². The summed E-state index contributed by atoms with van der Waals surface area (Å²) in [6, 6.07) is 0. The first-order valence-corrected chi connectivity index (χ1v) is 5.24. The molecule has 0 spiro atoms. The molecule has 0 N–H and O–H groups in total. The molecule has 0 fully saturated rings. The van der Waals surface area contributed by atoms with Crippen molar-refractivity contribution in [3.63, 3.8) is 0 Å². The third-order valence-corrected chi connectivity index (χ3v) is 1.28. The highest BCUT2D eigenvalue weighted by Crippen LogP contribution is 1.90. The maximum atomic E-state index is 10.5. The second-order valence-corrected chi connectivity index (χ2v) is 2.25. The van der Waals surface area contributed by atoms with Crippen molar-refractivity contribution in [3.8, 4) is 0 Å². The lowest BCUT2D eigenvalue weighted by atomic mass is 10.3. The van der Waals surface area contributed by atoms with Crippen LogP contribution in [0.15, 0.2) is 18.7 Å². The van der Waals surface area contributed by atoms with Gasteiger partial charge in [0.2, 0.25) is 0 Å². The molecule has 0 amide bonds. The van der Waals surface area contributed by atoms with Crippen LogP contribution >= 0.6 is 0 Å². The maximum Gasteiger partial charge on any atom is 0.131 e. The molecule has 0 aliphatic rings. The van der Waals surface area contributed by atoms with E-state index in [0.29, 0.717) is 6.42 Å². The number of aromatic nitrogens is 2. The minimum atomic E-state index is 0.216. The van der Waals surface area contributed by atoms with E-state index in [2.05, 4.69) is 4.98 Å². The van der Waals surface area contributed by atoms with Gasteiger partial charge < -0.3 is 4.57 Å². The van der Waals surface area contributed by atoms with Gasteiger partial charge in [-0.15, -0.1) is 0 Å². The quantitative estimate of drug-likeness (QED) is 0.748. The van der Waals surface area contributed by atoms with Crippen LogP contribution in [0.2, 0.25) is 0 Å². The zero-order valence-electron chi connectivity index (χ0n) is 9.95. The Morgan fingerprint density at radius 1 is 1.29 bits per heavy atom. The molecule has 0 aromatic carbocycles. The number of nitrogens with zero attached hydrogens (tertiary/aromatic N) is 2. The van der Waals surface area contributed by atoms with E-state index in [1.165, 1.54) is 0 Å². The van der Waals surface area contributed by atoms with Crippen LogP contribution in [0, 0.1) is 0 Å². The van der Waals surface area contributed by atoms with E-state index in [9.17, 15) is 4.79 Å². The summed E-state index contributed by atoms with van der Waals surface area (Å²) in [7, 11) is 0. The van der Waals surface area contributed by atoms with Gasteiger partial charge in [-0.25, -0.2) is 4.98 Å². The van der Waals surface area contributed by atoms with E-state index >= 15 is 0 Å². The SMILES string of the molecule is CC.CC.CC(=O)CCn1ccnc1. The molecule has 0 saturated heterocycles. The summed E-state index contributed by atoms with van der Waals surface area (Å²) in [4.78, 5) is 14.4. The number of hydrogen-bond acceptors (Lipinski definition) is 2. The largest absolute Gasteiger partial charge is 0.337 e. The summed E-state index contributed by atoms with van der Waals surface area (Å²) in [5.74, 6) is 0.216. The topological polar surface area (TPSA) is 34.9 Å². The van der Waals surface area contributed by atoms with Crippen LogP contribution in [0.3, 0.4) is 0 Å². The van der Waals surface area contributed by atoms with E-state index in [4.69, 9.17) is 0 Å². The summed E-state index contributed by atoms with van der Waals surface area (Å²) in [5.41, 5.74) is 0. The van der Waals surface area contributed by atoms with E-state index in [1.807, 2.05) is 38.5 Å². The van der Waals surface area contributed by atoms with Gasteiger partial charge in [0.1, 0.15) is 5.78 Å². The van der Waals surface area contributed by atoms with Crippen LogP contribution in [0.1, 0.15) is 41.0 Å². The van der Waals surface area contributed by atoms with Crippen molar-refractivity contribution < 1.29 is 4.79 Å². The Labute approximate surface area is 87.2 Å². The number of carbonyl (C=O) groups excluding carboxylic acids is 1. The van der Waals surface area contributed by atoms with Gasteiger partial charge in [-0.2, -0.15) is 0 Å². The van der Waals surface area contributed by atoms with Gasteiger partial charge in [-0.1, -0.05) is 27.7 Å². The molecule has 3 heteroatoms. The molecule has 0 radical (unpaired) electrons. The summed E-state index contributed by atoms with van der Waals surface area (Å²) in [6.45, 7) is 10.3. The fourth-order valence-corrected chi connectivity index (χ4v) is 0.706. The Kier molecular flexibility index (Phi) is 13.0. The van der Waals surface area contributed by atoms with Gasteiger partial charge in [-0.3, -0.25) is 4.79 Å². The third-order valence-electron chi connectivity index (χ3n) is 1.28. The lowest BCUT2D eigenvalue weighted by molar-refractivity contribution is -0.117. The number of ketones is 1. The van der Waals surface area contributed by atoms with Crippen molar-refractivity contribution in [2.45, 2.75) is 47.6 Å². The summed E-state index contributed by atoms with van der Waals surface area (Å²) in [6.07, 6.45) is 5.86. The fraction of sp³-hybridized carbons (Fsp3) is 0.636. The molecule has 14 heavy (non-hydrogen) atoms. The van der Waals surface area contributed by atoms with Crippen LogP contribution in [-0.2, 0) is 11.3 Å². The second kappa shape index (κ2) is 11.9. The van der Waals surface area contributed by atoms with Crippen molar-refractivity contribution in [1.29, 1.82) is 0 Å². The van der Waals surface area contributed by atoms with Crippen LogP contribution in [-0.4, -0.2) is 15.3 Å². The van der Waals surface area contributed by atoms with Gasteiger partial charge in [0, 0.05) is 25.4 Å². The molecule has 0 bridgehead atoms. The van der Waals surface area contributed by atoms with E-state index in [-0.39, 0.29) is 5.78 Å². The molecule has 3 nitrogen and oxygen atoms in total. The van der Waals surface area contributed by atoms with Gasteiger partial charge in [0.15, 0.2) is 0 Å². The molecule has 1 aromatic rings. The van der Waals surface area contributed by atoms with E-state index in [0.717, 1.165) is 6.54 Å². The maximum absolute atomic E-state index is 10.5. The Hall–Kier alpha value is -1.12. The number of hydrogen-bond donors (Lipinski definition) is 0. The molecule has 1 aromatic heterocycles.